The first-order valence-corrected chi connectivity index (χ1v) is 7.21. The minimum Gasteiger partial charge on any atom is -0.386 e. The van der Waals surface area contributed by atoms with Gasteiger partial charge in [0.2, 0.25) is 0 Å². The number of hydrogen-bond donors (Lipinski definition) is 1. The Morgan fingerprint density at radius 3 is 2.21 bits per heavy atom. The molecule has 0 heterocycles. The number of hydrogen-bond acceptors (Lipinski definition) is 6. The number of benzene rings is 2. The normalized spacial score (nSPS) is 13.1. The predicted molar refractivity (Wildman–Crippen MR) is 89.0 cm³/mol. The van der Waals surface area contributed by atoms with Gasteiger partial charge in [-0.1, -0.05) is 30.3 Å². The second kappa shape index (κ2) is 7.05. The zero-order valence-corrected chi connectivity index (χ0v) is 13.2. The molecular formula is C16H17N3O5. The van der Waals surface area contributed by atoms with E-state index in [0.717, 1.165) is 6.07 Å². The van der Waals surface area contributed by atoms with Crippen molar-refractivity contribution < 1.29 is 15.0 Å². The second-order valence-corrected chi connectivity index (χ2v) is 5.39. The van der Waals surface area contributed by atoms with Gasteiger partial charge in [0.15, 0.2) is 0 Å². The molecule has 2 aromatic rings. The number of aliphatic hydroxyl groups excluding tert-OH is 1. The standard InChI is InChI=1S/C16H17N3O5/c1-11(16(20)12-6-4-3-5-7-12)17(2)14-9-8-13(18(21)22)10-15(14)19(23)24/h3-11,16,20H,1-2H3. The molecule has 0 aliphatic rings. The van der Waals surface area contributed by atoms with Crippen LogP contribution in [-0.2, 0) is 0 Å². The molecular weight excluding hydrogens is 314 g/mol. The number of likely N-dealkylation sites (N-methyl/N-ethyl adjacent to an activating group) is 1. The number of nitro benzene ring substituents is 2. The number of rotatable bonds is 6. The molecule has 0 spiro atoms. The molecule has 8 nitrogen and oxygen atoms in total. The molecule has 24 heavy (non-hydrogen) atoms. The molecule has 0 aliphatic carbocycles. The van der Waals surface area contributed by atoms with Crippen molar-refractivity contribution in [3.05, 3.63) is 74.3 Å². The van der Waals surface area contributed by atoms with Crippen LogP contribution in [0.3, 0.4) is 0 Å². The lowest BCUT2D eigenvalue weighted by molar-refractivity contribution is -0.393. The van der Waals surface area contributed by atoms with Crippen molar-refractivity contribution in [1.82, 2.24) is 0 Å². The van der Waals surface area contributed by atoms with Crippen LogP contribution in [0.1, 0.15) is 18.6 Å². The van der Waals surface area contributed by atoms with Crippen LogP contribution in [0.4, 0.5) is 17.1 Å². The summed E-state index contributed by atoms with van der Waals surface area (Å²) in [6.07, 6.45) is -0.869. The van der Waals surface area contributed by atoms with Crippen LogP contribution in [0, 0.1) is 20.2 Å². The van der Waals surface area contributed by atoms with E-state index in [1.54, 1.807) is 43.1 Å². The second-order valence-electron chi connectivity index (χ2n) is 5.39. The molecule has 2 atom stereocenters. The SMILES string of the molecule is CC(C(O)c1ccccc1)N(C)c1ccc([N+](=O)[O-])cc1[N+](=O)[O-]. The average Bonchev–Trinajstić information content (AvgIpc) is 2.59. The molecule has 126 valence electrons. The number of nitro groups is 2. The van der Waals surface area contributed by atoms with Gasteiger partial charge in [0, 0.05) is 13.1 Å². The summed E-state index contributed by atoms with van der Waals surface area (Å²) in [5.41, 5.74) is 0.156. The quantitative estimate of drug-likeness (QED) is 0.643. The zero-order chi connectivity index (χ0) is 17.9. The van der Waals surface area contributed by atoms with E-state index in [4.69, 9.17) is 0 Å². The Bertz CT molecular complexity index is 751. The largest absolute Gasteiger partial charge is 0.386 e. The Hall–Kier alpha value is -3.00. The van der Waals surface area contributed by atoms with Crippen molar-refractivity contribution in [3.63, 3.8) is 0 Å². The number of nitrogens with zero attached hydrogens (tertiary/aromatic N) is 3. The van der Waals surface area contributed by atoms with E-state index in [2.05, 4.69) is 0 Å². The Labute approximate surface area is 138 Å². The van der Waals surface area contributed by atoms with Gasteiger partial charge in [0.25, 0.3) is 11.4 Å². The molecule has 0 aliphatic heterocycles. The highest BCUT2D eigenvalue weighted by molar-refractivity contribution is 5.67. The van der Waals surface area contributed by atoms with Gasteiger partial charge in [-0.25, -0.2) is 0 Å². The van der Waals surface area contributed by atoms with Crippen LogP contribution in [0.15, 0.2) is 48.5 Å². The number of aliphatic hydroxyl groups is 1. The number of anilines is 1. The molecule has 1 N–H and O–H groups in total. The summed E-state index contributed by atoms with van der Waals surface area (Å²) in [5, 5.41) is 32.5. The minimum atomic E-state index is -0.869. The Balaban J connectivity index is 2.36. The highest BCUT2D eigenvalue weighted by Crippen LogP contribution is 2.34. The fraction of sp³-hybridized carbons (Fsp3) is 0.250. The fourth-order valence-corrected chi connectivity index (χ4v) is 2.43. The van der Waals surface area contributed by atoms with Gasteiger partial charge >= 0.3 is 0 Å². The van der Waals surface area contributed by atoms with Gasteiger partial charge in [-0.2, -0.15) is 0 Å². The maximum absolute atomic E-state index is 11.3. The maximum atomic E-state index is 11.3. The fourth-order valence-electron chi connectivity index (χ4n) is 2.43. The maximum Gasteiger partial charge on any atom is 0.299 e. The van der Waals surface area contributed by atoms with Gasteiger partial charge in [0.05, 0.1) is 28.1 Å². The van der Waals surface area contributed by atoms with Gasteiger partial charge in [0.1, 0.15) is 5.69 Å². The topological polar surface area (TPSA) is 110 Å². The van der Waals surface area contributed by atoms with E-state index < -0.39 is 22.0 Å². The average molecular weight is 331 g/mol. The van der Waals surface area contributed by atoms with Crippen molar-refractivity contribution in [2.75, 3.05) is 11.9 Å². The smallest absolute Gasteiger partial charge is 0.299 e. The van der Waals surface area contributed by atoms with Gasteiger partial charge in [-0.05, 0) is 18.6 Å². The first kappa shape index (κ1) is 17.4. The van der Waals surface area contributed by atoms with E-state index in [1.807, 2.05) is 6.07 Å². The summed E-state index contributed by atoms with van der Waals surface area (Å²) >= 11 is 0. The highest BCUT2D eigenvalue weighted by atomic mass is 16.6. The number of non-ortho nitro benzene ring substituents is 1. The van der Waals surface area contributed by atoms with E-state index >= 15 is 0 Å². The lowest BCUT2D eigenvalue weighted by Crippen LogP contribution is -2.34. The van der Waals surface area contributed by atoms with E-state index in [-0.39, 0.29) is 17.1 Å². The Kier molecular flexibility index (Phi) is 5.10. The molecule has 2 aromatic carbocycles. The highest BCUT2D eigenvalue weighted by Gasteiger charge is 2.27. The third-order valence-corrected chi connectivity index (χ3v) is 3.96. The summed E-state index contributed by atoms with van der Waals surface area (Å²) in [6.45, 7) is 1.73. The van der Waals surface area contributed by atoms with Crippen LogP contribution in [0.25, 0.3) is 0 Å². The van der Waals surface area contributed by atoms with E-state index in [9.17, 15) is 25.3 Å². The van der Waals surface area contributed by atoms with Gasteiger partial charge < -0.3 is 10.0 Å². The monoisotopic (exact) mass is 331 g/mol. The summed E-state index contributed by atoms with van der Waals surface area (Å²) in [4.78, 5) is 22.3. The molecule has 0 aromatic heterocycles. The predicted octanol–water partition coefficient (Wildman–Crippen LogP) is 3.06. The summed E-state index contributed by atoms with van der Waals surface area (Å²) in [7, 11) is 1.60. The zero-order valence-electron chi connectivity index (χ0n) is 13.2. The van der Waals surface area contributed by atoms with Crippen molar-refractivity contribution >= 4 is 17.1 Å². The summed E-state index contributed by atoms with van der Waals surface area (Å²) < 4.78 is 0. The third-order valence-electron chi connectivity index (χ3n) is 3.96. The minimum absolute atomic E-state index is 0.202. The lowest BCUT2D eigenvalue weighted by atomic mass is 10.0. The molecule has 8 heteroatoms. The van der Waals surface area contributed by atoms with Gasteiger partial charge in [-0.15, -0.1) is 0 Å². The van der Waals surface area contributed by atoms with Crippen LogP contribution in [-0.4, -0.2) is 28.0 Å². The molecule has 0 amide bonds. The summed E-state index contributed by atoms with van der Waals surface area (Å²) in [6, 6.07) is 11.9. The lowest BCUT2D eigenvalue weighted by Gasteiger charge is -2.30. The van der Waals surface area contributed by atoms with Crippen LogP contribution >= 0.6 is 0 Å². The molecule has 0 radical (unpaired) electrons. The molecule has 0 fully saturated rings. The first-order valence-electron chi connectivity index (χ1n) is 7.21. The van der Waals surface area contributed by atoms with E-state index in [0.29, 0.717) is 5.56 Å². The van der Waals surface area contributed by atoms with Crippen LogP contribution < -0.4 is 4.90 Å². The molecule has 2 unspecified atom stereocenters. The van der Waals surface area contributed by atoms with Crippen LogP contribution in [0.5, 0.6) is 0 Å². The van der Waals surface area contributed by atoms with Gasteiger partial charge in [-0.3, -0.25) is 20.2 Å². The van der Waals surface area contributed by atoms with Crippen molar-refractivity contribution in [1.29, 1.82) is 0 Å². The molecule has 0 saturated heterocycles. The summed E-state index contributed by atoms with van der Waals surface area (Å²) in [5.74, 6) is 0. The van der Waals surface area contributed by atoms with Crippen molar-refractivity contribution in [2.45, 2.75) is 19.1 Å². The molecule has 0 saturated carbocycles. The Morgan fingerprint density at radius 2 is 1.67 bits per heavy atom. The van der Waals surface area contributed by atoms with Crippen molar-refractivity contribution in [3.8, 4) is 0 Å². The molecule has 0 bridgehead atoms. The first-order chi connectivity index (χ1) is 11.3. The Morgan fingerprint density at radius 1 is 1.04 bits per heavy atom. The molecule has 2 rings (SSSR count). The third kappa shape index (κ3) is 3.49. The van der Waals surface area contributed by atoms with E-state index in [1.165, 1.54) is 12.1 Å². The van der Waals surface area contributed by atoms with Crippen LogP contribution in [0.2, 0.25) is 0 Å². The van der Waals surface area contributed by atoms with Crippen molar-refractivity contribution in [2.24, 2.45) is 0 Å².